The fourth-order valence-electron chi connectivity index (χ4n) is 5.81. The lowest BCUT2D eigenvalue weighted by molar-refractivity contribution is -0.236. The minimum absolute atomic E-state index is 0.0700. The third-order valence-corrected chi connectivity index (χ3v) is 7.69. The minimum Gasteiger partial charge on any atom is -0.467 e. The number of carbonyl (C=O) groups excluding carboxylic acids is 2. The van der Waals surface area contributed by atoms with Crippen LogP contribution in [0.2, 0.25) is 0 Å². The normalized spacial score (nSPS) is 25.6. The van der Waals surface area contributed by atoms with E-state index in [0.717, 1.165) is 11.1 Å². The van der Waals surface area contributed by atoms with Crippen molar-refractivity contribution in [2.75, 3.05) is 20.3 Å². The molecule has 0 unspecified atom stereocenters. The summed E-state index contributed by atoms with van der Waals surface area (Å²) >= 11 is 0. The highest BCUT2D eigenvalue weighted by molar-refractivity contribution is 5.84. The molecule has 0 radical (unpaired) electrons. The summed E-state index contributed by atoms with van der Waals surface area (Å²) in [5.41, 5.74) is 1.04. The van der Waals surface area contributed by atoms with Crippen LogP contribution in [0.15, 0.2) is 72.8 Å². The van der Waals surface area contributed by atoms with Crippen LogP contribution in [0.5, 0.6) is 0 Å². The van der Waals surface area contributed by atoms with Crippen LogP contribution in [0, 0.1) is 10.8 Å². The van der Waals surface area contributed by atoms with Crippen molar-refractivity contribution < 1.29 is 28.5 Å². The van der Waals surface area contributed by atoms with Gasteiger partial charge < -0.3 is 18.9 Å². The second-order valence-corrected chi connectivity index (χ2v) is 11.1. The number of hydrogen-bond donors (Lipinski definition) is 0. The Balaban J connectivity index is 1.55. The molecule has 2 saturated heterocycles. The molecule has 2 heterocycles. The van der Waals surface area contributed by atoms with Gasteiger partial charge in [-0.25, -0.2) is 9.59 Å². The van der Waals surface area contributed by atoms with Gasteiger partial charge in [-0.1, -0.05) is 86.7 Å². The summed E-state index contributed by atoms with van der Waals surface area (Å²) < 4.78 is 23.6. The summed E-state index contributed by atoms with van der Waals surface area (Å²) in [4.78, 5) is 28.9. The zero-order chi connectivity index (χ0) is 26.0. The Hall–Kier alpha value is -3.16. The van der Waals surface area contributed by atoms with Crippen molar-refractivity contribution in [3.05, 3.63) is 83.9 Å². The molecule has 0 aromatic heterocycles. The number of benzene rings is 2. The highest BCUT2D eigenvalue weighted by Crippen LogP contribution is 2.52. The number of methoxy groups -OCH3 is 1. The van der Waals surface area contributed by atoms with Crippen molar-refractivity contribution in [1.82, 2.24) is 4.90 Å². The fourth-order valence-corrected chi connectivity index (χ4v) is 5.81. The first-order valence-electron chi connectivity index (χ1n) is 12.9. The van der Waals surface area contributed by atoms with Gasteiger partial charge in [-0.05, 0) is 24.0 Å². The summed E-state index contributed by atoms with van der Waals surface area (Å²) in [6.45, 7) is 5.33. The average molecular weight is 506 g/mol. The van der Waals surface area contributed by atoms with E-state index >= 15 is 0 Å². The summed E-state index contributed by atoms with van der Waals surface area (Å²) in [6.07, 6.45) is 4.21. The zero-order valence-corrected chi connectivity index (χ0v) is 21.7. The molecule has 7 heteroatoms. The van der Waals surface area contributed by atoms with Gasteiger partial charge in [0.1, 0.15) is 12.1 Å². The first kappa shape index (κ1) is 25.5. The predicted molar refractivity (Wildman–Crippen MR) is 137 cm³/mol. The van der Waals surface area contributed by atoms with Crippen molar-refractivity contribution in [2.24, 2.45) is 10.8 Å². The number of nitrogens with zero attached hydrogens (tertiary/aromatic N) is 1. The number of carbonyl (C=O) groups is 2. The number of ether oxygens (including phenoxy) is 4. The van der Waals surface area contributed by atoms with Crippen LogP contribution in [0.25, 0.3) is 0 Å². The number of cyclic esters (lactones) is 1. The number of rotatable bonds is 7. The molecule has 1 aliphatic carbocycles. The fraction of sp³-hybridized carbons (Fsp3) is 0.467. The van der Waals surface area contributed by atoms with Gasteiger partial charge >= 0.3 is 12.1 Å². The second-order valence-electron chi connectivity index (χ2n) is 11.1. The Kier molecular flexibility index (Phi) is 7.10. The van der Waals surface area contributed by atoms with E-state index in [0.29, 0.717) is 32.5 Å². The molecule has 1 amide bonds. The van der Waals surface area contributed by atoms with Crippen molar-refractivity contribution >= 4 is 12.1 Å². The van der Waals surface area contributed by atoms with E-state index < -0.39 is 42.0 Å². The van der Waals surface area contributed by atoms with Crippen LogP contribution < -0.4 is 0 Å². The molecular weight excluding hydrogens is 470 g/mol. The molecular formula is C30H35NO6. The first-order chi connectivity index (χ1) is 17.8. The molecule has 0 bridgehead atoms. The quantitative estimate of drug-likeness (QED) is 0.361. The predicted octanol–water partition coefficient (Wildman–Crippen LogP) is 5.59. The Morgan fingerprint density at radius 2 is 1.54 bits per heavy atom. The largest absolute Gasteiger partial charge is 0.467 e. The Bertz CT molecular complexity index is 1110. The van der Waals surface area contributed by atoms with Gasteiger partial charge in [0.2, 0.25) is 0 Å². The minimum atomic E-state index is -0.888. The maximum Gasteiger partial charge on any atom is 0.411 e. The standard InChI is InChI=1S/C30H35NO6/c1-29(2)19-35-23(36-20-29)18-30(16-10-11-17-30)26(27(32)34-3)31-24(21-12-6-4-7-13-21)25(37-28(31)33)22-14-8-5-9-15-22/h4-15,23-26H,16-20H2,1-3H3/t24-,25+,26+/m0/s1. The van der Waals surface area contributed by atoms with Crippen LogP contribution in [-0.4, -0.2) is 49.6 Å². The maximum absolute atomic E-state index is 13.7. The van der Waals surface area contributed by atoms with Gasteiger partial charge in [0.25, 0.3) is 0 Å². The molecule has 2 fully saturated rings. The molecule has 196 valence electrons. The number of esters is 1. The zero-order valence-electron chi connectivity index (χ0n) is 21.7. The number of hydrogen-bond acceptors (Lipinski definition) is 6. The lowest BCUT2D eigenvalue weighted by Crippen LogP contribution is -2.55. The average Bonchev–Trinajstić information content (AvgIpc) is 3.51. The molecule has 37 heavy (non-hydrogen) atoms. The Morgan fingerprint density at radius 1 is 0.973 bits per heavy atom. The smallest absolute Gasteiger partial charge is 0.411 e. The van der Waals surface area contributed by atoms with E-state index in [1.807, 2.05) is 60.7 Å². The van der Waals surface area contributed by atoms with E-state index in [-0.39, 0.29) is 5.41 Å². The SMILES string of the molecule is COC(=O)[C@@H](N1C(=O)O[C@H](c2ccccc2)[C@@H]1c1ccccc1)C1(CC2OCC(C)(C)CO2)CC=CC1. The van der Waals surface area contributed by atoms with Crippen LogP contribution in [-0.2, 0) is 23.7 Å². The van der Waals surface area contributed by atoms with Crippen LogP contribution in [0.1, 0.15) is 56.4 Å². The molecule has 7 nitrogen and oxygen atoms in total. The van der Waals surface area contributed by atoms with Crippen molar-refractivity contribution in [3.63, 3.8) is 0 Å². The highest BCUT2D eigenvalue weighted by atomic mass is 16.7. The number of amides is 1. The van der Waals surface area contributed by atoms with E-state index in [4.69, 9.17) is 18.9 Å². The monoisotopic (exact) mass is 505 g/mol. The molecule has 3 atom stereocenters. The second kappa shape index (κ2) is 10.3. The van der Waals surface area contributed by atoms with Gasteiger partial charge in [0.15, 0.2) is 12.4 Å². The van der Waals surface area contributed by atoms with Crippen LogP contribution in [0.3, 0.4) is 0 Å². The van der Waals surface area contributed by atoms with Crippen molar-refractivity contribution in [1.29, 1.82) is 0 Å². The molecule has 3 aliphatic rings. The summed E-state index contributed by atoms with van der Waals surface area (Å²) in [5.74, 6) is -0.466. The highest BCUT2D eigenvalue weighted by Gasteiger charge is 2.57. The lowest BCUT2D eigenvalue weighted by Gasteiger charge is -2.45. The number of allylic oxidation sites excluding steroid dienone is 2. The third-order valence-electron chi connectivity index (χ3n) is 7.69. The van der Waals surface area contributed by atoms with Crippen LogP contribution >= 0.6 is 0 Å². The Labute approximate surface area is 218 Å². The molecule has 0 N–H and O–H groups in total. The van der Waals surface area contributed by atoms with E-state index in [2.05, 4.69) is 26.0 Å². The third kappa shape index (κ3) is 5.03. The lowest BCUT2D eigenvalue weighted by atomic mass is 9.73. The van der Waals surface area contributed by atoms with Gasteiger partial charge in [0.05, 0.1) is 20.3 Å². The molecule has 2 aromatic rings. The van der Waals surface area contributed by atoms with Crippen molar-refractivity contribution in [2.45, 2.75) is 57.6 Å². The van der Waals surface area contributed by atoms with Gasteiger partial charge in [-0.2, -0.15) is 0 Å². The molecule has 2 aliphatic heterocycles. The Morgan fingerprint density at radius 3 is 2.11 bits per heavy atom. The topological polar surface area (TPSA) is 74.3 Å². The molecule has 0 saturated carbocycles. The van der Waals surface area contributed by atoms with E-state index in [1.165, 1.54) is 7.11 Å². The summed E-state index contributed by atoms with van der Waals surface area (Å²) in [5, 5.41) is 0. The molecule has 2 aromatic carbocycles. The maximum atomic E-state index is 13.7. The van der Waals surface area contributed by atoms with Gasteiger partial charge in [0, 0.05) is 17.3 Å². The van der Waals surface area contributed by atoms with E-state index in [9.17, 15) is 9.59 Å². The van der Waals surface area contributed by atoms with E-state index in [1.54, 1.807) is 4.90 Å². The van der Waals surface area contributed by atoms with Crippen molar-refractivity contribution in [3.8, 4) is 0 Å². The first-order valence-corrected chi connectivity index (χ1v) is 12.9. The molecule has 5 rings (SSSR count). The van der Waals surface area contributed by atoms with Gasteiger partial charge in [-0.3, -0.25) is 4.90 Å². The summed E-state index contributed by atoms with van der Waals surface area (Å²) in [7, 11) is 1.37. The van der Waals surface area contributed by atoms with Gasteiger partial charge in [-0.15, -0.1) is 0 Å². The van der Waals surface area contributed by atoms with Crippen LogP contribution in [0.4, 0.5) is 4.79 Å². The molecule has 0 spiro atoms. The summed E-state index contributed by atoms with van der Waals surface area (Å²) in [6, 6.07) is 18.0.